The second-order valence-electron chi connectivity index (χ2n) is 7.17. The second kappa shape index (κ2) is 25.3. The standard InChI is InChI=1S/2C5H8N2.2C3H6N2.2CHF3O3S.Ni.2H2O/c2*1-4-3-5(2)7-6-4;2*1-5(2)3-4;2*2-1(3,4)8(5,6)7;;;/h2*3H,1-2H3,(H,6,7);2*1-2H3;2*(H,5,6,7);;2*1H2/q;;;;;;+2;;. The Kier molecular flexibility index (Phi) is 32.8. The minimum atomic E-state index is -6.09. The van der Waals surface area contributed by atoms with Crippen molar-refractivity contribution in [3.05, 3.63) is 34.9 Å². The first-order valence-corrected chi connectivity index (χ1v) is 12.6. The van der Waals surface area contributed by atoms with E-state index in [1.165, 1.54) is 9.80 Å². The number of H-pyrrole nitrogens is 2. The molecule has 2 rings (SSSR count). The van der Waals surface area contributed by atoms with E-state index >= 15 is 0 Å². The molecule has 0 amide bonds. The van der Waals surface area contributed by atoms with Gasteiger partial charge in [0, 0.05) is 39.6 Å². The van der Waals surface area contributed by atoms with Gasteiger partial charge in [0.05, 0.1) is 11.4 Å². The van der Waals surface area contributed by atoms with Crippen LogP contribution in [0.25, 0.3) is 0 Å². The number of nitrogens with one attached hydrogen (secondary N) is 2. The molecule has 25 heteroatoms. The smallest absolute Gasteiger partial charge is 0.741 e. The number of aromatic nitrogens is 4. The topological polar surface area (TPSA) is 292 Å². The molecule has 0 spiro atoms. The van der Waals surface area contributed by atoms with E-state index in [1.807, 2.05) is 52.2 Å². The minimum Gasteiger partial charge on any atom is -0.741 e. The van der Waals surface area contributed by atoms with Gasteiger partial charge in [-0.25, -0.2) is 16.8 Å². The fraction of sp³-hybridized carbons (Fsp3) is 0.556. The summed E-state index contributed by atoms with van der Waals surface area (Å²) in [6.07, 6.45) is 3.72. The van der Waals surface area contributed by atoms with E-state index in [9.17, 15) is 26.3 Å². The quantitative estimate of drug-likeness (QED) is 0.0708. The molecule has 43 heavy (non-hydrogen) atoms. The van der Waals surface area contributed by atoms with Gasteiger partial charge >= 0.3 is 27.5 Å². The van der Waals surface area contributed by atoms with Crippen LogP contribution in [0.1, 0.15) is 22.8 Å². The minimum absolute atomic E-state index is 0. The predicted octanol–water partition coefficient (Wildman–Crippen LogP) is 0.368. The third-order valence-corrected chi connectivity index (χ3v) is 3.77. The van der Waals surface area contributed by atoms with E-state index in [4.69, 9.17) is 36.5 Å². The Bertz CT molecular complexity index is 1140. The Morgan fingerprint density at radius 1 is 0.698 bits per heavy atom. The van der Waals surface area contributed by atoms with Gasteiger partial charge in [-0.2, -0.15) is 47.1 Å². The molecule has 2 aromatic rings. The van der Waals surface area contributed by atoms with E-state index in [0.717, 1.165) is 22.8 Å². The summed E-state index contributed by atoms with van der Waals surface area (Å²) in [6, 6.07) is 4.00. The van der Waals surface area contributed by atoms with E-state index in [1.54, 1.807) is 28.2 Å². The molecule has 0 fully saturated rings. The van der Waals surface area contributed by atoms with Gasteiger partial charge < -0.3 is 29.9 Å². The molecule has 0 saturated carbocycles. The average molecular weight is 727 g/mol. The summed E-state index contributed by atoms with van der Waals surface area (Å²) in [5.74, 6) is 0. The van der Waals surface area contributed by atoms with Crippen LogP contribution in [0.4, 0.5) is 26.3 Å². The molecular formula is C18H34F6N8NiO8S2+2. The van der Waals surface area contributed by atoms with Crippen molar-refractivity contribution in [3.8, 4) is 12.4 Å². The molecule has 0 unspecified atom stereocenters. The molecule has 2 aromatic heterocycles. The van der Waals surface area contributed by atoms with Crippen LogP contribution in [0.2, 0.25) is 0 Å². The molecule has 0 aliphatic carbocycles. The summed E-state index contributed by atoms with van der Waals surface area (Å²) in [7, 11) is -5.40. The number of alkyl halides is 6. The van der Waals surface area contributed by atoms with E-state index in [2.05, 4.69) is 20.4 Å². The van der Waals surface area contributed by atoms with Crippen LogP contribution in [-0.2, 0) is 47.7 Å². The van der Waals surface area contributed by atoms with Crippen molar-refractivity contribution in [3.63, 3.8) is 0 Å². The molecule has 2 heterocycles. The van der Waals surface area contributed by atoms with Crippen molar-refractivity contribution >= 4 is 20.2 Å². The molecule has 0 aliphatic rings. The molecule has 8 N–H and O–H groups in total. The number of nitrogens with zero attached hydrogens (tertiary/aromatic N) is 6. The molecule has 0 aromatic carbocycles. The fourth-order valence-electron chi connectivity index (χ4n) is 1.11. The molecule has 0 saturated heterocycles. The van der Waals surface area contributed by atoms with Gasteiger partial charge in [-0.1, -0.05) is 0 Å². The Labute approximate surface area is 254 Å². The van der Waals surface area contributed by atoms with Crippen LogP contribution in [0, 0.1) is 50.6 Å². The van der Waals surface area contributed by atoms with E-state index < -0.39 is 31.3 Å². The Morgan fingerprint density at radius 2 is 0.860 bits per heavy atom. The maximum Gasteiger partial charge on any atom is 2.00 e. The van der Waals surface area contributed by atoms with Crippen LogP contribution >= 0.6 is 0 Å². The van der Waals surface area contributed by atoms with Crippen molar-refractivity contribution in [2.24, 2.45) is 0 Å². The largest absolute Gasteiger partial charge is 2.00 e. The fourth-order valence-corrected chi connectivity index (χ4v) is 1.11. The van der Waals surface area contributed by atoms with Crippen LogP contribution in [0.3, 0.4) is 0 Å². The van der Waals surface area contributed by atoms with Crippen molar-refractivity contribution in [1.82, 2.24) is 30.2 Å². The van der Waals surface area contributed by atoms with Gasteiger partial charge in [0.1, 0.15) is 0 Å². The zero-order valence-corrected chi connectivity index (χ0v) is 26.5. The maximum atomic E-state index is 10.7. The number of hydrogen-bond donors (Lipinski definition) is 2. The number of hydrogen-bond acceptors (Lipinski definition) is 12. The van der Waals surface area contributed by atoms with Crippen molar-refractivity contribution in [2.75, 3.05) is 28.2 Å². The third-order valence-electron chi connectivity index (χ3n) is 2.63. The summed E-state index contributed by atoms with van der Waals surface area (Å²) in [6.45, 7) is 7.90. The Hall–Kier alpha value is -3.19. The van der Waals surface area contributed by atoms with Crippen LogP contribution in [0.15, 0.2) is 12.1 Å². The zero-order chi connectivity index (χ0) is 33.1. The second-order valence-corrected chi connectivity index (χ2v) is 9.92. The molecule has 16 nitrogen and oxygen atoms in total. The zero-order valence-electron chi connectivity index (χ0n) is 23.8. The van der Waals surface area contributed by atoms with Gasteiger partial charge in [-0.05, 0) is 39.8 Å². The third kappa shape index (κ3) is 38.8. The molecule has 0 atom stereocenters. The molecular weight excluding hydrogens is 693 g/mol. The van der Waals surface area contributed by atoms with Gasteiger partial charge in [-0.15, -0.1) is 0 Å². The van der Waals surface area contributed by atoms with Crippen LogP contribution < -0.4 is 0 Å². The maximum absolute atomic E-state index is 10.7. The predicted molar refractivity (Wildman–Crippen MR) is 136 cm³/mol. The van der Waals surface area contributed by atoms with Crippen molar-refractivity contribution in [1.29, 1.82) is 10.5 Å². The first-order chi connectivity index (χ1) is 17.6. The molecule has 0 radical (unpaired) electrons. The number of aryl methyl sites for hydroxylation is 4. The van der Waals surface area contributed by atoms with E-state index in [-0.39, 0.29) is 27.4 Å². The molecule has 0 bridgehead atoms. The first kappa shape index (κ1) is 55.7. The van der Waals surface area contributed by atoms with Crippen molar-refractivity contribution in [2.45, 2.75) is 38.7 Å². The summed E-state index contributed by atoms with van der Waals surface area (Å²) in [5.41, 5.74) is -6.94. The summed E-state index contributed by atoms with van der Waals surface area (Å²) >= 11 is 0. The van der Waals surface area contributed by atoms with E-state index in [0.29, 0.717) is 0 Å². The molecule has 0 aliphatic heterocycles. The number of aromatic amines is 2. The van der Waals surface area contributed by atoms with Gasteiger partial charge in [0.25, 0.3) is 0 Å². The Morgan fingerprint density at radius 3 is 0.884 bits per heavy atom. The average Bonchev–Trinajstić information content (AvgIpc) is 3.32. The summed E-state index contributed by atoms with van der Waals surface area (Å²) in [4.78, 5) is 2.86. The van der Waals surface area contributed by atoms with Gasteiger partial charge in [-0.3, -0.25) is 10.2 Å². The monoisotopic (exact) mass is 726 g/mol. The van der Waals surface area contributed by atoms with Gasteiger partial charge in [0.15, 0.2) is 32.6 Å². The van der Waals surface area contributed by atoms with Crippen LogP contribution in [0.5, 0.6) is 0 Å². The molecule has 256 valence electrons. The summed E-state index contributed by atoms with van der Waals surface area (Å²) in [5, 5.41) is 29.1. The number of rotatable bonds is 0. The number of nitriles is 2. The number of halogens is 6. The normalized spacial score (nSPS) is 9.63. The summed E-state index contributed by atoms with van der Waals surface area (Å²) < 4.78 is 118. The SMILES string of the molecule is CN(C)C#N.CN(C)C#N.Cc1cc(C)[nH]n1.Cc1cc(C)[nH]n1.O=S(=O)([O-])C(F)(F)F.O=S(=O)([O-])C(F)(F)F.[Ni+2].[OH3+].[OH3+]. The van der Waals surface area contributed by atoms with Crippen LogP contribution in [-0.4, -0.2) is 95.3 Å². The van der Waals surface area contributed by atoms with Gasteiger partial charge in [0.2, 0.25) is 0 Å². The van der Waals surface area contributed by atoms with Crippen molar-refractivity contribution < 1.29 is 79.7 Å². The first-order valence-electron chi connectivity index (χ1n) is 9.77. The Balaban J connectivity index is -0.0000000720.